The van der Waals surface area contributed by atoms with E-state index >= 15 is 0 Å². The van der Waals surface area contributed by atoms with Crippen LogP contribution in [0.2, 0.25) is 0 Å². The maximum Gasteiger partial charge on any atom is 0.387 e. The molecule has 0 amide bonds. The van der Waals surface area contributed by atoms with Gasteiger partial charge in [-0.2, -0.15) is 8.78 Å². The van der Waals surface area contributed by atoms with Gasteiger partial charge in [0.2, 0.25) is 0 Å². The largest absolute Gasteiger partial charge is 0.489 e. The van der Waals surface area contributed by atoms with Gasteiger partial charge in [-0.1, -0.05) is 30.3 Å². The number of aliphatic carboxylic acids is 1. The van der Waals surface area contributed by atoms with E-state index in [4.69, 9.17) is 4.74 Å². The minimum atomic E-state index is -2.92. The Morgan fingerprint density at radius 3 is 2.56 bits per heavy atom. The molecule has 32 heavy (non-hydrogen) atoms. The molecule has 4 rings (SSSR count). The maximum absolute atomic E-state index is 12.8. The van der Waals surface area contributed by atoms with Crippen molar-refractivity contribution in [3.63, 3.8) is 0 Å². The Bertz CT molecular complexity index is 908. The van der Waals surface area contributed by atoms with Crippen molar-refractivity contribution < 1.29 is 28.2 Å². The molecule has 8 heteroatoms. The van der Waals surface area contributed by atoms with Gasteiger partial charge in [0.15, 0.2) is 11.5 Å². The van der Waals surface area contributed by atoms with E-state index < -0.39 is 12.6 Å². The number of carbonyl (C=O) groups is 1. The van der Waals surface area contributed by atoms with Gasteiger partial charge in [-0.25, -0.2) is 0 Å². The van der Waals surface area contributed by atoms with Crippen molar-refractivity contribution in [3.05, 3.63) is 54.1 Å². The number of carboxylic acids is 1. The van der Waals surface area contributed by atoms with Crippen LogP contribution in [0.1, 0.15) is 18.4 Å². The van der Waals surface area contributed by atoms with Crippen molar-refractivity contribution in [2.24, 2.45) is 5.92 Å². The lowest BCUT2D eigenvalue weighted by Crippen LogP contribution is -2.55. The van der Waals surface area contributed by atoms with E-state index in [-0.39, 0.29) is 18.3 Å². The zero-order valence-corrected chi connectivity index (χ0v) is 17.8. The van der Waals surface area contributed by atoms with Crippen LogP contribution in [0, 0.1) is 5.92 Å². The van der Waals surface area contributed by atoms with Gasteiger partial charge in [-0.15, -0.1) is 0 Å². The summed E-state index contributed by atoms with van der Waals surface area (Å²) >= 11 is 0. The molecule has 1 saturated heterocycles. The highest BCUT2D eigenvalue weighted by molar-refractivity contribution is 5.69. The summed E-state index contributed by atoms with van der Waals surface area (Å²) in [5.74, 6) is -0.00864. The number of anilines is 1. The van der Waals surface area contributed by atoms with Crippen molar-refractivity contribution in [2.45, 2.75) is 31.9 Å². The third-order valence-electron chi connectivity index (χ3n) is 5.94. The number of rotatable bonds is 10. The normalized spacial score (nSPS) is 19.2. The van der Waals surface area contributed by atoms with E-state index in [2.05, 4.69) is 9.64 Å². The second-order valence-electron chi connectivity index (χ2n) is 8.42. The van der Waals surface area contributed by atoms with Crippen molar-refractivity contribution in [1.82, 2.24) is 4.90 Å². The summed E-state index contributed by atoms with van der Waals surface area (Å²) in [6, 6.07) is 15.0. The Balaban J connectivity index is 1.52. The molecule has 0 radical (unpaired) electrons. The summed E-state index contributed by atoms with van der Waals surface area (Å²) in [5, 5.41) is 9.33. The third kappa shape index (κ3) is 6.09. The average Bonchev–Trinajstić information content (AvgIpc) is 3.59. The molecule has 0 unspecified atom stereocenters. The Morgan fingerprint density at radius 2 is 1.88 bits per heavy atom. The number of alkyl halides is 2. The van der Waals surface area contributed by atoms with Gasteiger partial charge in [0.05, 0.1) is 13.2 Å². The maximum atomic E-state index is 12.8. The van der Waals surface area contributed by atoms with Crippen LogP contribution >= 0.6 is 0 Å². The molecule has 2 aromatic rings. The van der Waals surface area contributed by atoms with Crippen molar-refractivity contribution in [3.8, 4) is 11.5 Å². The second kappa shape index (κ2) is 10.2. The first-order valence-electron chi connectivity index (χ1n) is 10.9. The number of halogens is 2. The molecule has 1 saturated carbocycles. The first-order valence-corrected chi connectivity index (χ1v) is 10.9. The van der Waals surface area contributed by atoms with E-state index in [1.807, 2.05) is 35.2 Å². The third-order valence-corrected chi connectivity index (χ3v) is 5.94. The number of carboxylic acid groups (broad SMARTS) is 1. The van der Waals surface area contributed by atoms with Crippen LogP contribution in [0.3, 0.4) is 0 Å². The van der Waals surface area contributed by atoms with Crippen LogP contribution in [-0.2, 0) is 11.2 Å². The molecular formula is C24H28F2N2O4. The molecule has 0 spiro atoms. The predicted octanol–water partition coefficient (Wildman–Crippen LogP) is 3.89. The second-order valence-corrected chi connectivity index (χ2v) is 8.42. The SMILES string of the molecule is O=C(O)CN1CCN(c2ccc(OC(F)F)c(OCC3CC3)c2)C[C@@H]1Cc1ccccc1. The van der Waals surface area contributed by atoms with E-state index in [1.165, 1.54) is 6.07 Å². The molecule has 0 bridgehead atoms. The van der Waals surface area contributed by atoms with Crippen LogP contribution in [0.25, 0.3) is 0 Å². The minimum absolute atomic E-state index is 0.00933. The molecule has 2 aliphatic rings. The quantitative estimate of drug-likeness (QED) is 0.598. The highest BCUT2D eigenvalue weighted by Gasteiger charge is 2.29. The van der Waals surface area contributed by atoms with Gasteiger partial charge in [0.1, 0.15) is 0 Å². The van der Waals surface area contributed by atoms with E-state index in [9.17, 15) is 18.7 Å². The highest BCUT2D eigenvalue weighted by Crippen LogP contribution is 2.36. The fraction of sp³-hybridized carbons (Fsp3) is 0.458. The number of benzene rings is 2. The van der Waals surface area contributed by atoms with E-state index in [0.717, 1.165) is 30.5 Å². The van der Waals surface area contributed by atoms with Gasteiger partial charge in [0.25, 0.3) is 0 Å². The molecule has 1 atom stereocenters. The Hall–Kier alpha value is -2.87. The minimum Gasteiger partial charge on any atom is -0.489 e. The lowest BCUT2D eigenvalue weighted by atomic mass is 10.0. The van der Waals surface area contributed by atoms with Crippen LogP contribution < -0.4 is 14.4 Å². The number of hydrogen-bond acceptors (Lipinski definition) is 5. The number of piperazine rings is 1. The van der Waals surface area contributed by atoms with Crippen LogP contribution in [-0.4, -0.2) is 61.4 Å². The molecule has 6 nitrogen and oxygen atoms in total. The summed E-state index contributed by atoms with van der Waals surface area (Å²) in [5.41, 5.74) is 1.99. The van der Waals surface area contributed by atoms with E-state index in [1.54, 1.807) is 12.1 Å². The van der Waals surface area contributed by atoms with Crippen molar-refractivity contribution in [1.29, 1.82) is 0 Å². The summed E-state index contributed by atoms with van der Waals surface area (Å²) in [6.45, 7) is -0.584. The first kappa shape index (κ1) is 22.3. The summed E-state index contributed by atoms with van der Waals surface area (Å²) in [6.07, 6.45) is 2.91. The molecule has 0 aromatic heterocycles. The molecule has 2 aromatic carbocycles. The smallest absolute Gasteiger partial charge is 0.387 e. The average molecular weight is 446 g/mol. The Morgan fingerprint density at radius 1 is 1.09 bits per heavy atom. The Kier molecular flexibility index (Phi) is 7.09. The summed E-state index contributed by atoms with van der Waals surface area (Å²) in [7, 11) is 0. The van der Waals surface area contributed by atoms with Crippen molar-refractivity contribution >= 4 is 11.7 Å². The number of ether oxygens (including phenoxy) is 2. The highest BCUT2D eigenvalue weighted by atomic mass is 19.3. The van der Waals surface area contributed by atoms with Gasteiger partial charge in [-0.3, -0.25) is 9.69 Å². The molecule has 1 heterocycles. The predicted molar refractivity (Wildman–Crippen MR) is 117 cm³/mol. The van der Waals surface area contributed by atoms with Crippen LogP contribution in [0.4, 0.5) is 14.5 Å². The van der Waals surface area contributed by atoms with E-state index in [0.29, 0.717) is 37.9 Å². The Labute approximate surface area is 186 Å². The fourth-order valence-corrected chi connectivity index (χ4v) is 4.08. The van der Waals surface area contributed by atoms with Crippen LogP contribution in [0.15, 0.2) is 48.5 Å². The standard InChI is InChI=1S/C24H28F2N2O4/c25-24(26)32-21-9-8-19(13-22(21)31-16-18-6-7-18)27-10-11-28(15-23(29)30)20(14-27)12-17-4-2-1-3-5-17/h1-5,8-9,13,18,20,24H,6-7,10-12,14-16H2,(H,29,30)/t20-/m0/s1. The summed E-state index contributed by atoms with van der Waals surface area (Å²) < 4.78 is 36.1. The summed E-state index contributed by atoms with van der Waals surface area (Å²) in [4.78, 5) is 15.5. The molecular weight excluding hydrogens is 418 g/mol. The molecule has 1 N–H and O–H groups in total. The van der Waals surface area contributed by atoms with Crippen LogP contribution in [0.5, 0.6) is 11.5 Å². The monoisotopic (exact) mass is 446 g/mol. The molecule has 2 fully saturated rings. The molecule has 1 aliphatic heterocycles. The zero-order valence-electron chi connectivity index (χ0n) is 17.8. The topological polar surface area (TPSA) is 62.2 Å². The fourth-order valence-electron chi connectivity index (χ4n) is 4.08. The lowest BCUT2D eigenvalue weighted by Gasteiger charge is -2.42. The first-order chi connectivity index (χ1) is 15.5. The van der Waals surface area contributed by atoms with Gasteiger partial charge in [-0.05, 0) is 42.9 Å². The number of hydrogen-bond donors (Lipinski definition) is 1. The van der Waals surface area contributed by atoms with Gasteiger partial charge >= 0.3 is 12.6 Å². The molecule has 1 aliphatic carbocycles. The number of nitrogens with zero attached hydrogens (tertiary/aromatic N) is 2. The van der Waals surface area contributed by atoms with Gasteiger partial charge in [0, 0.05) is 37.4 Å². The zero-order chi connectivity index (χ0) is 22.5. The van der Waals surface area contributed by atoms with Crippen molar-refractivity contribution in [2.75, 3.05) is 37.7 Å². The molecule has 172 valence electrons. The van der Waals surface area contributed by atoms with Gasteiger partial charge < -0.3 is 19.5 Å². The lowest BCUT2D eigenvalue weighted by molar-refractivity contribution is -0.139.